The Bertz CT molecular complexity index is 625. The highest BCUT2D eigenvalue weighted by Crippen LogP contribution is 2.16. The molecule has 1 N–H and O–H groups in total. The maximum Gasteiger partial charge on any atom is 0.254 e. The molecule has 0 radical (unpaired) electrons. The van der Waals surface area contributed by atoms with Gasteiger partial charge in [-0.15, -0.1) is 0 Å². The minimum absolute atomic E-state index is 0.0172. The molecule has 1 aliphatic rings. The Kier molecular flexibility index (Phi) is 5.52. The van der Waals surface area contributed by atoms with Gasteiger partial charge in [-0.25, -0.2) is 17.1 Å². The van der Waals surface area contributed by atoms with E-state index < -0.39 is 21.7 Å². The molecular weight excluding hydrogens is 307 g/mol. The van der Waals surface area contributed by atoms with Gasteiger partial charge in [-0.3, -0.25) is 4.79 Å². The molecule has 0 saturated carbocycles. The molecular formula is C15H21FN2O3S. The summed E-state index contributed by atoms with van der Waals surface area (Å²) in [7, 11) is -3.18. The lowest BCUT2D eigenvalue weighted by molar-refractivity contribution is 0.0920. The van der Waals surface area contributed by atoms with E-state index in [1.807, 2.05) is 6.92 Å². The van der Waals surface area contributed by atoms with Gasteiger partial charge in [0.15, 0.2) is 0 Å². The predicted molar refractivity (Wildman–Crippen MR) is 82.5 cm³/mol. The lowest BCUT2D eigenvalue weighted by Crippen LogP contribution is -2.47. The largest absolute Gasteiger partial charge is 0.349 e. The van der Waals surface area contributed by atoms with Crippen LogP contribution in [0.4, 0.5) is 4.39 Å². The Morgan fingerprint density at radius 3 is 2.55 bits per heavy atom. The number of carbonyl (C=O) groups excluding carboxylic acids is 1. The van der Waals surface area contributed by atoms with Crippen LogP contribution in [-0.2, 0) is 10.0 Å². The van der Waals surface area contributed by atoms with Gasteiger partial charge in [0.1, 0.15) is 5.82 Å². The third-order valence-electron chi connectivity index (χ3n) is 3.76. The number of piperidine rings is 1. The maximum absolute atomic E-state index is 13.5. The highest BCUT2D eigenvalue weighted by molar-refractivity contribution is 7.89. The van der Waals surface area contributed by atoms with Crippen LogP contribution in [0.1, 0.15) is 36.5 Å². The number of nitrogens with zero attached hydrogens (tertiary/aromatic N) is 1. The van der Waals surface area contributed by atoms with E-state index in [1.54, 1.807) is 6.07 Å². The number of benzene rings is 1. The van der Waals surface area contributed by atoms with Gasteiger partial charge in [-0.05, 0) is 31.4 Å². The van der Waals surface area contributed by atoms with Crippen LogP contribution in [-0.4, -0.2) is 43.5 Å². The van der Waals surface area contributed by atoms with Gasteiger partial charge in [-0.1, -0.05) is 19.1 Å². The second kappa shape index (κ2) is 7.19. The highest BCUT2D eigenvalue weighted by atomic mass is 32.2. The van der Waals surface area contributed by atoms with Crippen molar-refractivity contribution in [3.63, 3.8) is 0 Å². The molecule has 1 amide bonds. The molecule has 0 unspecified atom stereocenters. The third-order valence-corrected chi connectivity index (χ3v) is 5.84. The number of hydrogen-bond acceptors (Lipinski definition) is 3. The first-order valence-electron chi connectivity index (χ1n) is 7.47. The molecule has 1 aromatic carbocycles. The fourth-order valence-electron chi connectivity index (χ4n) is 2.57. The lowest BCUT2D eigenvalue weighted by Gasteiger charge is -2.31. The molecule has 0 spiro atoms. The average molecular weight is 328 g/mol. The summed E-state index contributed by atoms with van der Waals surface area (Å²) in [5.74, 6) is -0.852. The number of halogens is 1. The topological polar surface area (TPSA) is 66.5 Å². The van der Waals surface area contributed by atoms with E-state index in [1.165, 1.54) is 22.5 Å². The van der Waals surface area contributed by atoms with E-state index in [0.717, 1.165) is 0 Å². The summed E-state index contributed by atoms with van der Waals surface area (Å²) in [5, 5.41) is 2.78. The van der Waals surface area contributed by atoms with Crippen LogP contribution in [0, 0.1) is 5.82 Å². The summed E-state index contributed by atoms with van der Waals surface area (Å²) < 4.78 is 39.0. The van der Waals surface area contributed by atoms with E-state index >= 15 is 0 Å². The van der Waals surface area contributed by atoms with Crippen molar-refractivity contribution in [2.45, 2.75) is 32.2 Å². The quantitative estimate of drug-likeness (QED) is 0.896. The van der Waals surface area contributed by atoms with Crippen molar-refractivity contribution in [3.05, 3.63) is 35.6 Å². The van der Waals surface area contributed by atoms with Gasteiger partial charge in [0, 0.05) is 19.1 Å². The van der Waals surface area contributed by atoms with Crippen LogP contribution in [0.2, 0.25) is 0 Å². The summed E-state index contributed by atoms with van der Waals surface area (Å²) in [6, 6.07) is 5.70. The Morgan fingerprint density at radius 1 is 1.32 bits per heavy atom. The van der Waals surface area contributed by atoms with Gasteiger partial charge in [0.25, 0.3) is 5.91 Å². The highest BCUT2D eigenvalue weighted by Gasteiger charge is 2.28. The van der Waals surface area contributed by atoms with Crippen molar-refractivity contribution in [1.82, 2.24) is 9.62 Å². The number of sulfonamides is 1. The van der Waals surface area contributed by atoms with E-state index in [9.17, 15) is 17.6 Å². The molecule has 0 atom stereocenters. The Hall–Kier alpha value is -1.47. The molecule has 0 bridgehead atoms. The monoisotopic (exact) mass is 328 g/mol. The number of rotatable bonds is 5. The van der Waals surface area contributed by atoms with Crippen LogP contribution in [0.3, 0.4) is 0 Å². The fraction of sp³-hybridized carbons (Fsp3) is 0.533. The normalized spacial score (nSPS) is 17.4. The maximum atomic E-state index is 13.5. The first kappa shape index (κ1) is 16.9. The molecule has 1 aliphatic heterocycles. The smallest absolute Gasteiger partial charge is 0.254 e. The van der Waals surface area contributed by atoms with Crippen LogP contribution in [0.5, 0.6) is 0 Å². The van der Waals surface area contributed by atoms with Crippen molar-refractivity contribution in [2.75, 3.05) is 18.8 Å². The molecule has 2 rings (SSSR count). The van der Waals surface area contributed by atoms with Crippen LogP contribution in [0.25, 0.3) is 0 Å². The zero-order chi connectivity index (χ0) is 16.2. The van der Waals surface area contributed by atoms with Gasteiger partial charge >= 0.3 is 0 Å². The molecule has 22 heavy (non-hydrogen) atoms. The molecule has 7 heteroatoms. The molecule has 0 aromatic heterocycles. The summed E-state index contributed by atoms with van der Waals surface area (Å²) in [4.78, 5) is 12.0. The minimum atomic E-state index is -3.18. The van der Waals surface area contributed by atoms with Gasteiger partial charge in [-0.2, -0.15) is 0 Å². The second-order valence-corrected chi connectivity index (χ2v) is 7.53. The molecule has 122 valence electrons. The van der Waals surface area contributed by atoms with Crippen molar-refractivity contribution in [3.8, 4) is 0 Å². The van der Waals surface area contributed by atoms with E-state index in [0.29, 0.717) is 32.4 Å². The first-order chi connectivity index (χ1) is 10.4. The number of nitrogens with one attached hydrogen (secondary N) is 1. The molecule has 0 aliphatic carbocycles. The summed E-state index contributed by atoms with van der Waals surface area (Å²) in [5.41, 5.74) is 0.0172. The molecule has 1 saturated heterocycles. The zero-order valence-corrected chi connectivity index (χ0v) is 13.4. The first-order valence-corrected chi connectivity index (χ1v) is 9.08. The molecule has 1 fully saturated rings. The second-order valence-electron chi connectivity index (χ2n) is 5.44. The van der Waals surface area contributed by atoms with Crippen molar-refractivity contribution < 1.29 is 17.6 Å². The number of amides is 1. The van der Waals surface area contributed by atoms with Gasteiger partial charge in [0.2, 0.25) is 10.0 Å². The average Bonchev–Trinajstić information content (AvgIpc) is 2.48. The van der Waals surface area contributed by atoms with Crippen LogP contribution in [0.15, 0.2) is 24.3 Å². The van der Waals surface area contributed by atoms with E-state index in [4.69, 9.17) is 0 Å². The van der Waals surface area contributed by atoms with E-state index in [2.05, 4.69) is 5.32 Å². The number of carbonyl (C=O) groups is 1. The Morgan fingerprint density at radius 2 is 1.95 bits per heavy atom. The lowest BCUT2D eigenvalue weighted by atomic mass is 10.1. The summed E-state index contributed by atoms with van der Waals surface area (Å²) in [6.07, 6.45) is 1.68. The predicted octanol–water partition coefficient (Wildman–Crippen LogP) is 1.76. The van der Waals surface area contributed by atoms with Gasteiger partial charge < -0.3 is 5.32 Å². The fourth-order valence-corrected chi connectivity index (χ4v) is 4.12. The Labute approximate surface area is 130 Å². The zero-order valence-electron chi connectivity index (χ0n) is 12.6. The Balaban J connectivity index is 1.90. The van der Waals surface area contributed by atoms with Crippen molar-refractivity contribution >= 4 is 15.9 Å². The molecule has 1 aromatic rings. The summed E-state index contributed by atoms with van der Waals surface area (Å²) >= 11 is 0. The SMILES string of the molecule is CCCS(=O)(=O)N1CCC(NC(=O)c2ccccc2F)CC1. The van der Waals surface area contributed by atoms with Crippen LogP contribution < -0.4 is 5.32 Å². The molecule has 1 heterocycles. The van der Waals surface area contributed by atoms with Gasteiger partial charge in [0.05, 0.1) is 11.3 Å². The third kappa shape index (κ3) is 4.04. The standard InChI is InChI=1S/C15H21FN2O3S/c1-2-11-22(20,21)18-9-7-12(8-10-18)17-15(19)13-5-3-4-6-14(13)16/h3-6,12H,2,7-11H2,1H3,(H,17,19). The van der Waals surface area contributed by atoms with Crippen LogP contribution >= 0.6 is 0 Å². The number of hydrogen-bond donors (Lipinski definition) is 1. The minimum Gasteiger partial charge on any atom is -0.349 e. The van der Waals surface area contributed by atoms with Crippen molar-refractivity contribution in [1.29, 1.82) is 0 Å². The molecule has 5 nitrogen and oxygen atoms in total. The van der Waals surface area contributed by atoms with Crippen molar-refractivity contribution in [2.24, 2.45) is 0 Å². The summed E-state index contributed by atoms with van der Waals surface area (Å²) in [6.45, 7) is 2.62. The van der Waals surface area contributed by atoms with E-state index in [-0.39, 0.29) is 17.4 Å².